The van der Waals surface area contributed by atoms with Crippen LogP contribution >= 0.6 is 39.5 Å². The van der Waals surface area contributed by atoms with E-state index in [2.05, 4.69) is 31.0 Å². The van der Waals surface area contributed by atoms with Crippen molar-refractivity contribution in [2.24, 2.45) is 0 Å². The van der Waals surface area contributed by atoms with Gasteiger partial charge in [0.25, 0.3) is 5.91 Å². The smallest absolute Gasteiger partial charge is 0.257 e. The molecule has 1 heterocycles. The van der Waals surface area contributed by atoms with Gasteiger partial charge < -0.3 is 10.0 Å². The van der Waals surface area contributed by atoms with Crippen molar-refractivity contribution in [2.45, 2.75) is 4.90 Å². The highest BCUT2D eigenvalue weighted by Gasteiger charge is 2.07. The minimum atomic E-state index is -0.229. The molecule has 1 aromatic heterocycles. The number of pyridine rings is 1. The number of nitrogens with zero attached hydrogens (tertiary/aromatic N) is 1. The minimum Gasteiger partial charge on any atom is -0.326 e. The number of carbonyl (C=O) groups is 1. The summed E-state index contributed by atoms with van der Waals surface area (Å²) in [5.74, 6) is -0.229. The Balaban J connectivity index is 1.63. The van der Waals surface area contributed by atoms with Gasteiger partial charge in [0.1, 0.15) is 5.15 Å². The minimum absolute atomic E-state index is 0.229. The van der Waals surface area contributed by atoms with E-state index in [1.807, 2.05) is 48.5 Å². The van der Waals surface area contributed by atoms with E-state index in [9.17, 15) is 4.79 Å². The molecule has 1 amide bonds. The SMILES string of the molecule is O=C(Nc1cccc(SNc2ccc(Br)cc2)c1)c1ccc(Cl)nc1. The monoisotopic (exact) mass is 433 g/mol. The van der Waals surface area contributed by atoms with Crippen LogP contribution in [-0.2, 0) is 0 Å². The summed E-state index contributed by atoms with van der Waals surface area (Å²) in [4.78, 5) is 17.1. The Morgan fingerprint density at radius 1 is 1.04 bits per heavy atom. The molecule has 0 atom stereocenters. The average molecular weight is 435 g/mol. The van der Waals surface area contributed by atoms with Crippen LogP contribution in [0.5, 0.6) is 0 Å². The summed E-state index contributed by atoms with van der Waals surface area (Å²) >= 11 is 10.6. The van der Waals surface area contributed by atoms with Crippen LogP contribution in [0.15, 0.2) is 76.2 Å². The van der Waals surface area contributed by atoms with E-state index >= 15 is 0 Å². The second-order valence-electron chi connectivity index (χ2n) is 5.06. The van der Waals surface area contributed by atoms with Crippen molar-refractivity contribution >= 4 is 56.8 Å². The highest BCUT2D eigenvalue weighted by molar-refractivity contribution is 9.10. The van der Waals surface area contributed by atoms with Crippen LogP contribution in [0, 0.1) is 0 Å². The number of anilines is 2. The van der Waals surface area contributed by atoms with Crippen molar-refractivity contribution in [2.75, 3.05) is 10.0 Å². The van der Waals surface area contributed by atoms with E-state index in [4.69, 9.17) is 11.6 Å². The Kier molecular flexibility index (Phi) is 5.96. The van der Waals surface area contributed by atoms with Crippen molar-refractivity contribution < 1.29 is 4.79 Å². The largest absolute Gasteiger partial charge is 0.326 e. The summed E-state index contributed by atoms with van der Waals surface area (Å²) < 4.78 is 4.30. The zero-order chi connectivity index (χ0) is 17.6. The molecule has 0 aliphatic carbocycles. The van der Waals surface area contributed by atoms with Gasteiger partial charge in [0.15, 0.2) is 0 Å². The molecule has 3 aromatic rings. The summed E-state index contributed by atoms with van der Waals surface area (Å²) in [5, 5.41) is 3.21. The van der Waals surface area contributed by atoms with Crippen LogP contribution in [-0.4, -0.2) is 10.9 Å². The van der Waals surface area contributed by atoms with E-state index in [1.54, 1.807) is 12.1 Å². The van der Waals surface area contributed by atoms with Gasteiger partial charge in [0.2, 0.25) is 0 Å². The average Bonchev–Trinajstić information content (AvgIpc) is 2.62. The van der Waals surface area contributed by atoms with E-state index in [1.165, 1.54) is 18.1 Å². The number of nitrogens with one attached hydrogen (secondary N) is 2. The van der Waals surface area contributed by atoms with E-state index in [-0.39, 0.29) is 5.91 Å². The Bertz CT molecular complexity index is 872. The lowest BCUT2D eigenvalue weighted by atomic mass is 10.2. The third kappa shape index (κ3) is 5.22. The number of carbonyl (C=O) groups excluding carboxylic acids is 1. The molecule has 2 aromatic carbocycles. The molecular formula is C18H13BrClN3OS. The Hall–Kier alpha value is -2.02. The number of halogens is 2. The van der Waals surface area contributed by atoms with Crippen LogP contribution in [0.4, 0.5) is 11.4 Å². The predicted molar refractivity (Wildman–Crippen MR) is 107 cm³/mol. The van der Waals surface area contributed by atoms with Gasteiger partial charge in [-0.3, -0.25) is 4.79 Å². The molecule has 0 saturated heterocycles. The normalized spacial score (nSPS) is 10.3. The van der Waals surface area contributed by atoms with Crippen LogP contribution in [0.3, 0.4) is 0 Å². The van der Waals surface area contributed by atoms with Gasteiger partial charge in [0, 0.05) is 26.9 Å². The molecule has 7 heteroatoms. The maximum absolute atomic E-state index is 12.2. The van der Waals surface area contributed by atoms with Gasteiger partial charge in [-0.05, 0) is 66.5 Å². The van der Waals surface area contributed by atoms with Crippen molar-refractivity contribution in [1.82, 2.24) is 4.98 Å². The number of benzene rings is 2. The van der Waals surface area contributed by atoms with Gasteiger partial charge in [-0.25, -0.2) is 4.98 Å². The van der Waals surface area contributed by atoms with E-state index in [0.717, 1.165) is 15.1 Å². The molecule has 0 saturated carbocycles. The van der Waals surface area contributed by atoms with E-state index < -0.39 is 0 Å². The Labute approximate surface area is 163 Å². The lowest BCUT2D eigenvalue weighted by molar-refractivity contribution is 0.102. The summed E-state index contributed by atoms with van der Waals surface area (Å²) in [5.41, 5.74) is 2.16. The summed E-state index contributed by atoms with van der Waals surface area (Å²) in [6, 6.07) is 18.7. The molecule has 25 heavy (non-hydrogen) atoms. The number of rotatable bonds is 5. The molecule has 2 N–H and O–H groups in total. The molecule has 4 nitrogen and oxygen atoms in total. The first-order valence-electron chi connectivity index (χ1n) is 7.31. The maximum Gasteiger partial charge on any atom is 0.257 e. The first-order chi connectivity index (χ1) is 12.1. The van der Waals surface area contributed by atoms with Crippen molar-refractivity contribution in [3.05, 3.63) is 82.0 Å². The molecule has 0 unspecified atom stereocenters. The Morgan fingerprint density at radius 2 is 1.84 bits per heavy atom. The number of hydrogen-bond donors (Lipinski definition) is 2. The molecule has 0 bridgehead atoms. The fourth-order valence-electron chi connectivity index (χ4n) is 1.99. The maximum atomic E-state index is 12.2. The molecule has 0 aliphatic rings. The highest BCUT2D eigenvalue weighted by Crippen LogP contribution is 2.25. The fourth-order valence-corrected chi connectivity index (χ4v) is 3.07. The van der Waals surface area contributed by atoms with Crippen molar-refractivity contribution in [1.29, 1.82) is 0 Å². The molecule has 0 spiro atoms. The van der Waals surface area contributed by atoms with Gasteiger partial charge in [0.05, 0.1) is 5.56 Å². The van der Waals surface area contributed by atoms with Gasteiger partial charge in [-0.2, -0.15) is 0 Å². The molecule has 0 radical (unpaired) electrons. The third-order valence-electron chi connectivity index (χ3n) is 3.21. The second kappa shape index (κ2) is 8.38. The Morgan fingerprint density at radius 3 is 2.56 bits per heavy atom. The summed E-state index contributed by atoms with van der Waals surface area (Å²) in [6.45, 7) is 0. The van der Waals surface area contributed by atoms with E-state index in [0.29, 0.717) is 16.4 Å². The summed E-state index contributed by atoms with van der Waals surface area (Å²) in [6.07, 6.45) is 1.45. The number of amides is 1. The quantitative estimate of drug-likeness (QED) is 0.389. The van der Waals surface area contributed by atoms with Crippen LogP contribution < -0.4 is 10.0 Å². The van der Waals surface area contributed by atoms with Crippen LogP contribution in [0.2, 0.25) is 5.15 Å². The lowest BCUT2D eigenvalue weighted by Crippen LogP contribution is -2.12. The van der Waals surface area contributed by atoms with Gasteiger partial charge >= 0.3 is 0 Å². The number of hydrogen-bond acceptors (Lipinski definition) is 4. The molecule has 0 fully saturated rings. The van der Waals surface area contributed by atoms with Crippen molar-refractivity contribution in [3.63, 3.8) is 0 Å². The zero-order valence-electron chi connectivity index (χ0n) is 12.9. The topological polar surface area (TPSA) is 54.0 Å². The van der Waals surface area contributed by atoms with Crippen LogP contribution in [0.25, 0.3) is 0 Å². The molecule has 3 rings (SSSR count). The summed E-state index contributed by atoms with van der Waals surface area (Å²) in [7, 11) is 0. The third-order valence-corrected chi connectivity index (χ3v) is 4.79. The standard InChI is InChI=1S/C18H13BrClN3OS/c19-13-5-7-14(8-6-13)23-25-16-3-1-2-15(10-16)22-18(24)12-4-9-17(20)21-11-12/h1-11,23H,(H,22,24). The first kappa shape index (κ1) is 17.8. The predicted octanol–water partition coefficient (Wildman–Crippen LogP) is 5.87. The fraction of sp³-hybridized carbons (Fsp3) is 0. The van der Waals surface area contributed by atoms with Crippen molar-refractivity contribution in [3.8, 4) is 0 Å². The van der Waals surface area contributed by atoms with Crippen LogP contribution in [0.1, 0.15) is 10.4 Å². The number of aromatic nitrogens is 1. The molecule has 0 aliphatic heterocycles. The van der Waals surface area contributed by atoms with Gasteiger partial charge in [-0.15, -0.1) is 0 Å². The lowest BCUT2D eigenvalue weighted by Gasteiger charge is -2.09. The molecular weight excluding hydrogens is 422 g/mol. The second-order valence-corrected chi connectivity index (χ2v) is 7.25. The highest BCUT2D eigenvalue weighted by atomic mass is 79.9. The first-order valence-corrected chi connectivity index (χ1v) is 9.30. The zero-order valence-corrected chi connectivity index (χ0v) is 16.0. The molecule has 126 valence electrons. The van der Waals surface area contributed by atoms with Gasteiger partial charge in [-0.1, -0.05) is 33.6 Å².